The van der Waals surface area contributed by atoms with Crippen molar-refractivity contribution in [3.05, 3.63) is 17.5 Å². The third kappa shape index (κ3) is 3.01. The monoisotopic (exact) mass is 252 g/mol. The largest absolute Gasteiger partial charge is 0.390 e. The SMILES string of the molecule is Cc1[nH]ncc1CNC(=O)N1CCC(C)(O)CC1. The van der Waals surface area contributed by atoms with E-state index in [0.717, 1.165) is 11.3 Å². The number of rotatable bonds is 2. The predicted octanol–water partition coefficient (Wildman–Crippen LogP) is 0.775. The molecule has 1 fully saturated rings. The van der Waals surface area contributed by atoms with Crippen molar-refractivity contribution in [3.63, 3.8) is 0 Å². The molecule has 1 aromatic rings. The van der Waals surface area contributed by atoms with Crippen molar-refractivity contribution in [2.75, 3.05) is 13.1 Å². The van der Waals surface area contributed by atoms with E-state index in [9.17, 15) is 9.90 Å². The zero-order chi connectivity index (χ0) is 13.2. The summed E-state index contributed by atoms with van der Waals surface area (Å²) in [5.74, 6) is 0. The van der Waals surface area contributed by atoms with Crippen LogP contribution in [0.5, 0.6) is 0 Å². The molecule has 0 aromatic carbocycles. The van der Waals surface area contributed by atoms with Gasteiger partial charge in [-0.1, -0.05) is 0 Å². The first-order valence-electron chi connectivity index (χ1n) is 6.22. The van der Waals surface area contributed by atoms with Crippen LogP contribution < -0.4 is 5.32 Å². The van der Waals surface area contributed by atoms with Gasteiger partial charge in [-0.2, -0.15) is 5.10 Å². The van der Waals surface area contributed by atoms with Crippen LogP contribution >= 0.6 is 0 Å². The summed E-state index contributed by atoms with van der Waals surface area (Å²) in [6.45, 7) is 5.42. The number of hydrogen-bond acceptors (Lipinski definition) is 3. The van der Waals surface area contributed by atoms with E-state index in [4.69, 9.17) is 0 Å². The molecule has 100 valence electrons. The normalized spacial score (nSPS) is 18.7. The quantitative estimate of drug-likeness (QED) is 0.727. The van der Waals surface area contributed by atoms with Gasteiger partial charge in [-0.3, -0.25) is 5.10 Å². The third-order valence-corrected chi connectivity index (χ3v) is 3.49. The molecular weight excluding hydrogens is 232 g/mol. The zero-order valence-electron chi connectivity index (χ0n) is 10.9. The predicted molar refractivity (Wildman–Crippen MR) is 67.0 cm³/mol. The number of aryl methyl sites for hydroxylation is 1. The zero-order valence-corrected chi connectivity index (χ0v) is 10.9. The maximum Gasteiger partial charge on any atom is 0.317 e. The van der Waals surface area contributed by atoms with Crippen LogP contribution in [0.25, 0.3) is 0 Å². The minimum atomic E-state index is -0.627. The first-order chi connectivity index (χ1) is 8.48. The highest BCUT2D eigenvalue weighted by Crippen LogP contribution is 2.20. The van der Waals surface area contributed by atoms with E-state index in [1.54, 1.807) is 11.1 Å². The van der Waals surface area contributed by atoms with Crippen molar-refractivity contribution in [1.29, 1.82) is 0 Å². The molecule has 0 bridgehead atoms. The first-order valence-corrected chi connectivity index (χ1v) is 6.22. The molecule has 2 heterocycles. The van der Waals surface area contributed by atoms with Crippen molar-refractivity contribution in [3.8, 4) is 0 Å². The van der Waals surface area contributed by atoms with Crippen molar-refractivity contribution in [1.82, 2.24) is 20.4 Å². The summed E-state index contributed by atoms with van der Waals surface area (Å²) < 4.78 is 0. The average Bonchev–Trinajstić information content (AvgIpc) is 2.72. The fourth-order valence-electron chi connectivity index (χ4n) is 2.03. The maximum absolute atomic E-state index is 11.9. The van der Waals surface area contributed by atoms with E-state index in [2.05, 4.69) is 15.5 Å². The van der Waals surface area contributed by atoms with E-state index in [1.165, 1.54) is 0 Å². The Labute approximate surface area is 106 Å². The van der Waals surface area contributed by atoms with Gasteiger partial charge in [-0.05, 0) is 26.7 Å². The Morgan fingerprint density at radius 1 is 1.61 bits per heavy atom. The van der Waals surface area contributed by atoms with E-state index >= 15 is 0 Å². The molecule has 1 aliphatic heterocycles. The van der Waals surface area contributed by atoms with Crippen LogP contribution in [0.1, 0.15) is 31.0 Å². The Balaban J connectivity index is 1.81. The van der Waals surface area contributed by atoms with Crippen molar-refractivity contribution < 1.29 is 9.90 Å². The van der Waals surface area contributed by atoms with E-state index in [1.807, 2.05) is 13.8 Å². The number of hydrogen-bond donors (Lipinski definition) is 3. The first kappa shape index (κ1) is 12.9. The Bertz CT molecular complexity index is 417. The van der Waals surface area contributed by atoms with Crippen LogP contribution in [0.15, 0.2) is 6.20 Å². The number of aliphatic hydroxyl groups is 1. The summed E-state index contributed by atoms with van der Waals surface area (Å²) in [6.07, 6.45) is 2.98. The number of likely N-dealkylation sites (tertiary alicyclic amines) is 1. The fraction of sp³-hybridized carbons (Fsp3) is 0.667. The number of nitrogens with zero attached hydrogens (tertiary/aromatic N) is 2. The lowest BCUT2D eigenvalue weighted by Crippen LogP contribution is -2.48. The molecule has 2 amide bonds. The Hall–Kier alpha value is -1.56. The highest BCUT2D eigenvalue weighted by Gasteiger charge is 2.29. The van der Waals surface area contributed by atoms with Gasteiger partial charge >= 0.3 is 6.03 Å². The van der Waals surface area contributed by atoms with Gasteiger partial charge in [0.05, 0.1) is 11.8 Å². The number of amides is 2. The minimum absolute atomic E-state index is 0.0777. The summed E-state index contributed by atoms with van der Waals surface area (Å²) >= 11 is 0. The fourth-order valence-corrected chi connectivity index (χ4v) is 2.03. The second-order valence-corrected chi connectivity index (χ2v) is 5.16. The molecule has 3 N–H and O–H groups in total. The second-order valence-electron chi connectivity index (χ2n) is 5.16. The lowest BCUT2D eigenvalue weighted by Gasteiger charge is -2.35. The Kier molecular flexibility index (Phi) is 3.56. The van der Waals surface area contributed by atoms with Crippen LogP contribution in [-0.2, 0) is 6.54 Å². The molecule has 1 saturated heterocycles. The van der Waals surface area contributed by atoms with E-state index < -0.39 is 5.60 Å². The molecule has 0 atom stereocenters. The summed E-state index contributed by atoms with van der Waals surface area (Å²) in [7, 11) is 0. The second kappa shape index (κ2) is 4.97. The van der Waals surface area contributed by atoms with Crippen LogP contribution in [0.4, 0.5) is 4.79 Å². The average molecular weight is 252 g/mol. The smallest absolute Gasteiger partial charge is 0.317 e. The molecule has 0 radical (unpaired) electrons. The lowest BCUT2D eigenvalue weighted by molar-refractivity contribution is 0.00436. The lowest BCUT2D eigenvalue weighted by atomic mass is 9.94. The highest BCUT2D eigenvalue weighted by molar-refractivity contribution is 5.74. The third-order valence-electron chi connectivity index (χ3n) is 3.49. The van der Waals surface area contributed by atoms with Gasteiger partial charge in [-0.15, -0.1) is 0 Å². The molecule has 1 aliphatic rings. The van der Waals surface area contributed by atoms with Crippen LogP contribution in [0, 0.1) is 6.92 Å². The molecule has 0 aliphatic carbocycles. The number of piperidine rings is 1. The van der Waals surface area contributed by atoms with Crippen molar-refractivity contribution >= 4 is 6.03 Å². The molecular formula is C12H20N4O2. The van der Waals surface area contributed by atoms with Gasteiger partial charge in [0, 0.05) is 30.9 Å². The number of aromatic amines is 1. The molecule has 18 heavy (non-hydrogen) atoms. The van der Waals surface area contributed by atoms with Crippen LogP contribution in [0.2, 0.25) is 0 Å². The number of carbonyl (C=O) groups is 1. The molecule has 2 rings (SSSR count). The highest BCUT2D eigenvalue weighted by atomic mass is 16.3. The molecule has 6 nitrogen and oxygen atoms in total. The van der Waals surface area contributed by atoms with Gasteiger partial charge in [0.1, 0.15) is 0 Å². The summed E-state index contributed by atoms with van der Waals surface area (Å²) in [6, 6.07) is -0.0777. The van der Waals surface area contributed by atoms with Crippen LogP contribution in [0.3, 0.4) is 0 Å². The van der Waals surface area contributed by atoms with Gasteiger partial charge in [0.15, 0.2) is 0 Å². The van der Waals surface area contributed by atoms with E-state index in [-0.39, 0.29) is 6.03 Å². The topological polar surface area (TPSA) is 81.2 Å². The standard InChI is InChI=1S/C12H20N4O2/c1-9-10(8-14-15-9)7-13-11(17)16-5-3-12(2,18)4-6-16/h8,18H,3-7H2,1-2H3,(H,13,17)(H,14,15). The summed E-state index contributed by atoms with van der Waals surface area (Å²) in [5, 5.41) is 19.4. The van der Waals surface area contributed by atoms with Gasteiger partial charge in [-0.25, -0.2) is 4.79 Å². The molecule has 0 saturated carbocycles. The van der Waals surface area contributed by atoms with Crippen molar-refractivity contribution in [2.24, 2.45) is 0 Å². The number of aromatic nitrogens is 2. The molecule has 6 heteroatoms. The number of carbonyl (C=O) groups excluding carboxylic acids is 1. The Morgan fingerprint density at radius 2 is 2.28 bits per heavy atom. The van der Waals surface area contributed by atoms with Gasteiger partial charge in [0.25, 0.3) is 0 Å². The number of urea groups is 1. The Morgan fingerprint density at radius 3 is 2.83 bits per heavy atom. The summed E-state index contributed by atoms with van der Waals surface area (Å²) in [4.78, 5) is 13.7. The van der Waals surface area contributed by atoms with E-state index in [0.29, 0.717) is 32.5 Å². The van der Waals surface area contributed by atoms with Crippen molar-refractivity contribution in [2.45, 2.75) is 38.8 Å². The number of H-pyrrole nitrogens is 1. The molecule has 1 aromatic heterocycles. The number of nitrogens with one attached hydrogen (secondary N) is 2. The minimum Gasteiger partial charge on any atom is -0.390 e. The molecule has 0 spiro atoms. The maximum atomic E-state index is 11.9. The summed E-state index contributed by atoms with van der Waals surface area (Å²) in [5.41, 5.74) is 1.34. The van der Waals surface area contributed by atoms with Crippen LogP contribution in [-0.4, -0.2) is 44.9 Å². The van der Waals surface area contributed by atoms with Gasteiger partial charge < -0.3 is 15.3 Å². The molecule has 0 unspecified atom stereocenters. The van der Waals surface area contributed by atoms with Gasteiger partial charge in [0.2, 0.25) is 0 Å².